The molecule has 3 rings (SSSR count). The third-order valence-corrected chi connectivity index (χ3v) is 4.77. The molecule has 0 atom stereocenters. The summed E-state index contributed by atoms with van der Waals surface area (Å²) in [5, 5.41) is 14.3. The lowest BCUT2D eigenvalue weighted by Crippen LogP contribution is -2.40. The van der Waals surface area contributed by atoms with Crippen LogP contribution in [0, 0.1) is 10.1 Å². The Morgan fingerprint density at radius 2 is 1.72 bits per heavy atom. The first kappa shape index (κ1) is 20.3. The molecule has 1 fully saturated rings. The van der Waals surface area contributed by atoms with Crippen molar-refractivity contribution in [2.75, 3.05) is 14.2 Å². The van der Waals surface area contributed by atoms with Crippen molar-refractivity contribution in [2.24, 2.45) is 0 Å². The summed E-state index contributed by atoms with van der Waals surface area (Å²) in [4.78, 5) is 31.6. The van der Waals surface area contributed by atoms with Gasteiger partial charge in [0, 0.05) is 24.5 Å². The van der Waals surface area contributed by atoms with Gasteiger partial charge in [0.15, 0.2) is 11.5 Å². The molecule has 1 aliphatic rings. The third kappa shape index (κ3) is 4.89. The number of benzene rings is 1. The van der Waals surface area contributed by atoms with Gasteiger partial charge in [-0.2, -0.15) is 0 Å². The predicted octanol–water partition coefficient (Wildman–Crippen LogP) is 2.52. The van der Waals surface area contributed by atoms with E-state index in [1.807, 2.05) is 0 Å². The number of nitrogens with one attached hydrogen (secondary N) is 1. The zero-order valence-corrected chi connectivity index (χ0v) is 16.2. The van der Waals surface area contributed by atoms with Crippen molar-refractivity contribution in [1.82, 2.24) is 15.3 Å². The van der Waals surface area contributed by atoms with Crippen LogP contribution in [0.3, 0.4) is 0 Å². The lowest BCUT2D eigenvalue weighted by atomic mass is 9.92. The Kier molecular flexibility index (Phi) is 6.43. The Balaban J connectivity index is 1.64. The normalized spacial score (nSPS) is 18.6. The molecule has 2 aromatic rings. The van der Waals surface area contributed by atoms with Crippen LogP contribution < -0.4 is 19.5 Å². The molecule has 1 aromatic carbocycles. The van der Waals surface area contributed by atoms with Gasteiger partial charge in [-0.05, 0) is 31.7 Å². The SMILES string of the molecule is COc1cc(C(=O)NC2CCC(Oc3ncccn3)CC2)c([N+](=O)[O-])cc1OC. The number of hydrogen-bond acceptors (Lipinski definition) is 8. The van der Waals surface area contributed by atoms with Crippen molar-refractivity contribution in [3.8, 4) is 17.5 Å². The van der Waals surface area contributed by atoms with E-state index in [1.54, 1.807) is 18.5 Å². The first-order valence-corrected chi connectivity index (χ1v) is 9.16. The standard InChI is InChI=1S/C19H22N4O6/c1-27-16-10-14(15(23(25)26)11-17(16)28-2)18(24)22-12-4-6-13(7-5-12)29-19-20-8-3-9-21-19/h3,8-13H,4-7H2,1-2H3,(H,22,24). The second-order valence-electron chi connectivity index (χ2n) is 6.58. The third-order valence-electron chi connectivity index (χ3n) is 4.77. The molecule has 0 bridgehead atoms. The fourth-order valence-electron chi connectivity index (χ4n) is 3.28. The van der Waals surface area contributed by atoms with Crippen LogP contribution >= 0.6 is 0 Å². The van der Waals surface area contributed by atoms with Crippen molar-refractivity contribution in [3.63, 3.8) is 0 Å². The number of carbonyl (C=O) groups is 1. The Bertz CT molecular complexity index is 869. The second kappa shape index (κ2) is 9.18. The fraction of sp³-hybridized carbons (Fsp3) is 0.421. The summed E-state index contributed by atoms with van der Waals surface area (Å²) in [7, 11) is 2.78. The average Bonchev–Trinajstić information content (AvgIpc) is 2.74. The highest BCUT2D eigenvalue weighted by Gasteiger charge is 2.28. The van der Waals surface area contributed by atoms with Crippen LogP contribution in [0.25, 0.3) is 0 Å². The Morgan fingerprint density at radius 1 is 1.10 bits per heavy atom. The summed E-state index contributed by atoms with van der Waals surface area (Å²) in [6.07, 6.45) is 6.01. The van der Waals surface area contributed by atoms with Crippen LogP contribution in [0.1, 0.15) is 36.0 Å². The van der Waals surface area contributed by atoms with Crippen molar-refractivity contribution in [1.29, 1.82) is 0 Å². The van der Waals surface area contributed by atoms with Gasteiger partial charge in [0.2, 0.25) is 0 Å². The largest absolute Gasteiger partial charge is 0.493 e. The van der Waals surface area contributed by atoms with Crippen LogP contribution in [0.5, 0.6) is 17.5 Å². The molecule has 0 aliphatic heterocycles. The van der Waals surface area contributed by atoms with Crippen LogP contribution in [-0.2, 0) is 0 Å². The van der Waals surface area contributed by atoms with E-state index in [-0.39, 0.29) is 34.9 Å². The summed E-state index contributed by atoms with van der Waals surface area (Å²) < 4.78 is 16.0. The van der Waals surface area contributed by atoms with E-state index < -0.39 is 10.8 Å². The lowest BCUT2D eigenvalue weighted by Gasteiger charge is -2.28. The molecular formula is C19H22N4O6. The number of ether oxygens (including phenoxy) is 3. The number of nitro groups is 1. The molecule has 154 valence electrons. The van der Waals surface area contributed by atoms with Gasteiger partial charge < -0.3 is 19.5 Å². The molecule has 0 unspecified atom stereocenters. The molecule has 10 nitrogen and oxygen atoms in total. The van der Waals surface area contributed by atoms with Gasteiger partial charge in [-0.15, -0.1) is 0 Å². The molecule has 0 spiro atoms. The molecule has 1 aliphatic carbocycles. The predicted molar refractivity (Wildman–Crippen MR) is 102 cm³/mol. The summed E-state index contributed by atoms with van der Waals surface area (Å²) in [5.74, 6) is -0.0758. The fourth-order valence-corrected chi connectivity index (χ4v) is 3.28. The Morgan fingerprint density at radius 3 is 2.31 bits per heavy atom. The molecule has 10 heteroatoms. The average molecular weight is 402 g/mol. The van der Waals surface area contributed by atoms with E-state index in [1.165, 1.54) is 26.4 Å². The van der Waals surface area contributed by atoms with Crippen LogP contribution in [0.15, 0.2) is 30.6 Å². The molecule has 0 radical (unpaired) electrons. The van der Waals surface area contributed by atoms with Gasteiger partial charge in [-0.25, -0.2) is 9.97 Å². The summed E-state index contributed by atoms with van der Waals surface area (Å²) in [6.45, 7) is 0. The minimum absolute atomic E-state index is 0.0269. The Hall–Kier alpha value is -3.43. The van der Waals surface area contributed by atoms with Crippen molar-refractivity contribution in [2.45, 2.75) is 37.8 Å². The van der Waals surface area contributed by atoms with E-state index in [0.29, 0.717) is 18.9 Å². The van der Waals surface area contributed by atoms with Gasteiger partial charge in [-0.1, -0.05) is 0 Å². The van der Waals surface area contributed by atoms with Gasteiger partial charge in [-0.3, -0.25) is 14.9 Å². The van der Waals surface area contributed by atoms with Crippen LogP contribution in [0.4, 0.5) is 5.69 Å². The quantitative estimate of drug-likeness (QED) is 0.553. The van der Waals surface area contributed by atoms with Gasteiger partial charge >= 0.3 is 6.01 Å². The number of methoxy groups -OCH3 is 2. The topological polar surface area (TPSA) is 126 Å². The number of nitro benzene ring substituents is 1. The number of hydrogen-bond donors (Lipinski definition) is 1. The molecule has 1 heterocycles. The molecular weight excluding hydrogens is 380 g/mol. The second-order valence-corrected chi connectivity index (χ2v) is 6.58. The molecule has 1 aromatic heterocycles. The van der Waals surface area contributed by atoms with Crippen molar-refractivity contribution >= 4 is 11.6 Å². The first-order valence-electron chi connectivity index (χ1n) is 9.16. The highest BCUT2D eigenvalue weighted by atomic mass is 16.6. The van der Waals surface area contributed by atoms with E-state index in [4.69, 9.17) is 14.2 Å². The van der Waals surface area contributed by atoms with Gasteiger partial charge in [0.05, 0.1) is 25.2 Å². The lowest BCUT2D eigenvalue weighted by molar-refractivity contribution is -0.385. The highest BCUT2D eigenvalue weighted by Crippen LogP contribution is 2.34. The zero-order chi connectivity index (χ0) is 20.8. The smallest absolute Gasteiger partial charge is 0.316 e. The van der Waals surface area contributed by atoms with Crippen LogP contribution in [-0.4, -0.2) is 47.2 Å². The minimum atomic E-state index is -0.610. The Labute approximate surface area is 167 Å². The van der Waals surface area contributed by atoms with E-state index in [0.717, 1.165) is 12.8 Å². The van der Waals surface area contributed by atoms with E-state index >= 15 is 0 Å². The molecule has 29 heavy (non-hydrogen) atoms. The molecule has 1 amide bonds. The van der Waals surface area contributed by atoms with Crippen LogP contribution in [0.2, 0.25) is 0 Å². The first-order chi connectivity index (χ1) is 14.0. The maximum atomic E-state index is 12.7. The maximum Gasteiger partial charge on any atom is 0.316 e. The van der Waals surface area contributed by atoms with Crippen molar-refractivity contribution in [3.05, 3.63) is 46.3 Å². The number of nitrogens with zero attached hydrogens (tertiary/aromatic N) is 3. The maximum absolute atomic E-state index is 12.7. The molecule has 0 saturated heterocycles. The monoisotopic (exact) mass is 402 g/mol. The van der Waals surface area contributed by atoms with E-state index in [2.05, 4.69) is 15.3 Å². The van der Waals surface area contributed by atoms with Gasteiger partial charge in [0.1, 0.15) is 11.7 Å². The van der Waals surface area contributed by atoms with Crippen molar-refractivity contribution < 1.29 is 23.9 Å². The highest BCUT2D eigenvalue weighted by molar-refractivity contribution is 5.99. The summed E-state index contributed by atoms with van der Waals surface area (Å²) in [5.41, 5.74) is -0.401. The van der Waals surface area contributed by atoms with Gasteiger partial charge in [0.25, 0.3) is 11.6 Å². The summed E-state index contributed by atoms with van der Waals surface area (Å²) >= 11 is 0. The number of carbonyl (C=O) groups excluding carboxylic acids is 1. The van der Waals surface area contributed by atoms with E-state index in [9.17, 15) is 14.9 Å². The zero-order valence-electron chi connectivity index (χ0n) is 16.2. The number of amides is 1. The summed E-state index contributed by atoms with van der Waals surface area (Å²) in [6, 6.07) is 4.46. The number of aromatic nitrogens is 2. The minimum Gasteiger partial charge on any atom is -0.493 e. The number of rotatable bonds is 7. The molecule has 1 saturated carbocycles. The molecule has 1 N–H and O–H groups in total.